The van der Waals surface area contributed by atoms with E-state index in [1.54, 1.807) is 0 Å². The number of thioether (sulfide) groups is 1. The van der Waals surface area contributed by atoms with Crippen LogP contribution >= 0.6 is 27.7 Å². The summed E-state index contributed by atoms with van der Waals surface area (Å²) >= 11 is 4.78. The molecular formula is C25H21BrN2O2S. The minimum Gasteiger partial charge on any atom is -0.489 e. The van der Waals surface area contributed by atoms with Crippen LogP contribution in [-0.4, -0.2) is 11.1 Å². The van der Waals surface area contributed by atoms with E-state index in [1.807, 2.05) is 80.6 Å². The number of hydrogen-bond donors (Lipinski definition) is 1. The van der Waals surface area contributed by atoms with Crippen molar-refractivity contribution in [2.24, 2.45) is 4.99 Å². The lowest BCUT2D eigenvalue weighted by atomic mass is 10.1. The average molecular weight is 493 g/mol. The van der Waals surface area contributed by atoms with Crippen LogP contribution in [0.4, 0.5) is 5.69 Å². The van der Waals surface area contributed by atoms with E-state index in [9.17, 15) is 4.79 Å². The molecule has 1 heterocycles. The number of carbonyl (C=O) groups excluding carboxylic acids is 1. The number of carbonyl (C=O) groups is 1. The first-order valence-corrected chi connectivity index (χ1v) is 11.4. The second-order valence-electron chi connectivity index (χ2n) is 7.31. The Labute approximate surface area is 194 Å². The molecule has 1 fully saturated rings. The molecule has 0 unspecified atom stereocenters. The highest BCUT2D eigenvalue weighted by Gasteiger charge is 2.23. The number of aliphatic imine (C=N–C) groups is 1. The number of amides is 1. The van der Waals surface area contributed by atoms with Crippen molar-refractivity contribution >= 4 is 50.5 Å². The average Bonchev–Trinajstić information content (AvgIpc) is 3.06. The number of rotatable bonds is 5. The van der Waals surface area contributed by atoms with E-state index in [-0.39, 0.29) is 5.91 Å². The fraction of sp³-hybridized carbons (Fsp3) is 0.120. The van der Waals surface area contributed by atoms with Gasteiger partial charge in [0, 0.05) is 4.47 Å². The van der Waals surface area contributed by atoms with E-state index in [1.165, 1.54) is 11.8 Å². The number of nitrogens with zero attached hydrogens (tertiary/aromatic N) is 1. The molecular weight excluding hydrogens is 472 g/mol. The van der Waals surface area contributed by atoms with Crippen molar-refractivity contribution in [3.8, 4) is 5.75 Å². The zero-order valence-electron chi connectivity index (χ0n) is 17.2. The SMILES string of the molecule is Cc1cc(C)cc(N=C2NC(=O)C(=Cc3ccc(OCc4ccc(Br)cc4)cc3)S2)c1. The molecule has 3 aromatic rings. The van der Waals surface area contributed by atoms with Crippen molar-refractivity contribution in [1.29, 1.82) is 0 Å². The van der Waals surface area contributed by atoms with Crippen LogP contribution in [0.3, 0.4) is 0 Å². The van der Waals surface area contributed by atoms with E-state index in [0.29, 0.717) is 16.7 Å². The Morgan fingerprint density at radius 2 is 1.68 bits per heavy atom. The third-order valence-electron chi connectivity index (χ3n) is 4.58. The number of ether oxygens (including phenoxy) is 1. The Balaban J connectivity index is 1.41. The molecule has 156 valence electrons. The van der Waals surface area contributed by atoms with E-state index in [2.05, 4.69) is 32.3 Å². The van der Waals surface area contributed by atoms with E-state index < -0.39 is 0 Å². The molecule has 4 rings (SSSR count). The van der Waals surface area contributed by atoms with Crippen molar-refractivity contribution < 1.29 is 9.53 Å². The highest BCUT2D eigenvalue weighted by atomic mass is 79.9. The molecule has 0 aliphatic carbocycles. The van der Waals surface area contributed by atoms with Gasteiger partial charge in [0.1, 0.15) is 12.4 Å². The van der Waals surface area contributed by atoms with E-state index in [0.717, 1.165) is 38.2 Å². The molecule has 1 aliphatic rings. The summed E-state index contributed by atoms with van der Waals surface area (Å²) in [6.07, 6.45) is 1.86. The summed E-state index contributed by atoms with van der Waals surface area (Å²) in [7, 11) is 0. The monoisotopic (exact) mass is 492 g/mol. The Kier molecular flexibility index (Phi) is 6.59. The number of aryl methyl sites for hydroxylation is 2. The minimum atomic E-state index is -0.135. The summed E-state index contributed by atoms with van der Waals surface area (Å²) in [5, 5.41) is 3.44. The second-order valence-corrected chi connectivity index (χ2v) is 9.26. The van der Waals surface area contributed by atoms with Gasteiger partial charge in [-0.15, -0.1) is 0 Å². The Morgan fingerprint density at radius 1 is 1.00 bits per heavy atom. The molecule has 0 atom stereocenters. The van der Waals surface area contributed by atoms with E-state index >= 15 is 0 Å². The molecule has 3 aromatic carbocycles. The van der Waals surface area contributed by atoms with Gasteiger partial charge in [-0.05, 0) is 90.3 Å². The smallest absolute Gasteiger partial charge is 0.264 e. The summed E-state index contributed by atoms with van der Waals surface area (Å²) < 4.78 is 6.89. The first kappa shape index (κ1) is 21.4. The molecule has 0 radical (unpaired) electrons. The molecule has 0 saturated carbocycles. The van der Waals surface area contributed by atoms with Crippen LogP contribution < -0.4 is 10.1 Å². The van der Waals surface area contributed by atoms with Crippen LogP contribution in [0.15, 0.2) is 81.1 Å². The molecule has 4 nitrogen and oxygen atoms in total. The number of hydrogen-bond acceptors (Lipinski definition) is 4. The van der Waals surface area contributed by atoms with Gasteiger partial charge in [-0.3, -0.25) is 4.79 Å². The van der Waals surface area contributed by atoms with E-state index in [4.69, 9.17) is 4.74 Å². The maximum absolute atomic E-state index is 12.4. The quantitative estimate of drug-likeness (QED) is 0.411. The Morgan fingerprint density at radius 3 is 2.35 bits per heavy atom. The Hall–Kier alpha value is -2.83. The largest absolute Gasteiger partial charge is 0.489 e. The molecule has 1 N–H and O–H groups in total. The standard InChI is InChI=1S/C25H21BrN2O2S/c1-16-11-17(2)13-21(12-16)27-25-28-24(29)23(31-25)14-18-5-9-22(10-6-18)30-15-19-3-7-20(26)8-4-19/h3-14H,15H2,1-2H3,(H,27,28,29). The van der Waals surface area contributed by atoms with Gasteiger partial charge < -0.3 is 10.1 Å². The lowest BCUT2D eigenvalue weighted by Crippen LogP contribution is -2.19. The summed E-state index contributed by atoms with van der Waals surface area (Å²) in [6, 6.07) is 21.8. The predicted octanol–water partition coefficient (Wildman–Crippen LogP) is 6.54. The van der Waals surface area contributed by atoms with Crippen LogP contribution in [0.1, 0.15) is 22.3 Å². The van der Waals surface area contributed by atoms with Gasteiger partial charge in [0.2, 0.25) is 0 Å². The summed E-state index contributed by atoms with van der Waals surface area (Å²) in [5.74, 6) is 0.648. The van der Waals surface area contributed by atoms with Gasteiger partial charge in [-0.25, -0.2) is 4.99 Å². The fourth-order valence-corrected chi connectivity index (χ4v) is 4.28. The van der Waals surface area contributed by atoms with Gasteiger partial charge in [0.05, 0.1) is 10.6 Å². The fourth-order valence-electron chi connectivity index (χ4n) is 3.17. The highest BCUT2D eigenvalue weighted by Crippen LogP contribution is 2.29. The summed E-state index contributed by atoms with van der Waals surface area (Å²) in [6.45, 7) is 4.58. The van der Waals surface area contributed by atoms with Crippen molar-refractivity contribution in [1.82, 2.24) is 5.32 Å². The first-order chi connectivity index (χ1) is 14.9. The van der Waals surface area contributed by atoms with Crippen molar-refractivity contribution in [3.63, 3.8) is 0 Å². The minimum absolute atomic E-state index is 0.135. The van der Waals surface area contributed by atoms with Crippen LogP contribution in [-0.2, 0) is 11.4 Å². The zero-order chi connectivity index (χ0) is 21.8. The molecule has 0 bridgehead atoms. The lowest BCUT2D eigenvalue weighted by molar-refractivity contribution is -0.115. The van der Waals surface area contributed by atoms with Crippen molar-refractivity contribution in [3.05, 3.63) is 98.4 Å². The molecule has 1 aliphatic heterocycles. The molecule has 0 spiro atoms. The number of nitrogens with one attached hydrogen (secondary N) is 1. The molecule has 1 amide bonds. The highest BCUT2D eigenvalue weighted by molar-refractivity contribution is 9.10. The third kappa shape index (κ3) is 5.87. The maximum Gasteiger partial charge on any atom is 0.264 e. The maximum atomic E-state index is 12.4. The van der Waals surface area contributed by atoms with Crippen LogP contribution in [0.25, 0.3) is 6.08 Å². The number of benzene rings is 3. The Bertz CT molecular complexity index is 1150. The molecule has 6 heteroatoms. The predicted molar refractivity (Wildman–Crippen MR) is 132 cm³/mol. The van der Waals surface area contributed by atoms with Crippen molar-refractivity contribution in [2.75, 3.05) is 0 Å². The van der Waals surface area contributed by atoms with Gasteiger partial charge in [0.25, 0.3) is 5.91 Å². The van der Waals surface area contributed by atoms with Crippen LogP contribution in [0.5, 0.6) is 5.75 Å². The summed E-state index contributed by atoms with van der Waals surface area (Å²) in [5.41, 5.74) is 5.16. The van der Waals surface area contributed by atoms with Crippen molar-refractivity contribution in [2.45, 2.75) is 20.5 Å². The summed E-state index contributed by atoms with van der Waals surface area (Å²) in [4.78, 5) is 17.6. The normalized spacial score (nSPS) is 16.0. The first-order valence-electron chi connectivity index (χ1n) is 9.80. The van der Waals surface area contributed by atoms with Gasteiger partial charge in [-0.1, -0.05) is 46.3 Å². The lowest BCUT2D eigenvalue weighted by Gasteiger charge is -2.07. The van der Waals surface area contributed by atoms with Crippen LogP contribution in [0.2, 0.25) is 0 Å². The molecule has 1 saturated heterocycles. The second kappa shape index (κ2) is 9.54. The topological polar surface area (TPSA) is 50.7 Å². The van der Waals surface area contributed by atoms with Gasteiger partial charge in [0.15, 0.2) is 5.17 Å². The number of halogens is 1. The third-order valence-corrected chi connectivity index (χ3v) is 6.02. The molecule has 0 aromatic heterocycles. The zero-order valence-corrected chi connectivity index (χ0v) is 19.6. The molecule has 31 heavy (non-hydrogen) atoms. The number of amidine groups is 1. The van der Waals surface area contributed by atoms with Gasteiger partial charge in [-0.2, -0.15) is 0 Å². The van der Waals surface area contributed by atoms with Crippen LogP contribution in [0, 0.1) is 13.8 Å². The van der Waals surface area contributed by atoms with Gasteiger partial charge >= 0.3 is 0 Å².